The summed E-state index contributed by atoms with van der Waals surface area (Å²) in [5.41, 5.74) is -0.0145. The lowest BCUT2D eigenvalue weighted by Gasteiger charge is -2.16. The first kappa shape index (κ1) is 18.6. The monoisotopic (exact) mass is 371 g/mol. The molecule has 0 aliphatic rings. The van der Waals surface area contributed by atoms with E-state index in [0.717, 1.165) is 6.07 Å². The van der Waals surface area contributed by atoms with Crippen LogP contribution in [-0.2, 0) is 9.05 Å². The number of carbonyl (C=O) groups is 1. The van der Waals surface area contributed by atoms with Crippen molar-refractivity contribution >= 4 is 48.8 Å². The number of halogens is 3. The highest BCUT2D eigenvalue weighted by Gasteiger charge is 2.22. The summed E-state index contributed by atoms with van der Waals surface area (Å²) in [6, 6.07) is 2.42. The van der Waals surface area contributed by atoms with Gasteiger partial charge in [0.2, 0.25) is 0 Å². The number of benzene rings is 1. The molecule has 0 saturated carbocycles. The molecule has 1 N–H and O–H groups in total. The average molecular weight is 373 g/mol. The van der Waals surface area contributed by atoms with Gasteiger partial charge in [-0.05, 0) is 24.0 Å². The Morgan fingerprint density at radius 2 is 1.81 bits per heavy atom. The summed E-state index contributed by atoms with van der Waals surface area (Å²) < 4.78 is 22.9. The predicted octanol–water partition coefficient (Wildman–Crippen LogP) is 3.94. The van der Waals surface area contributed by atoms with Gasteiger partial charge in [-0.2, -0.15) is 0 Å². The van der Waals surface area contributed by atoms with Gasteiger partial charge in [-0.1, -0.05) is 44.0 Å². The molecule has 1 amide bonds. The van der Waals surface area contributed by atoms with Gasteiger partial charge in [0.15, 0.2) is 0 Å². The second-order valence-electron chi connectivity index (χ2n) is 5.13. The molecule has 0 aromatic heterocycles. The Hall–Kier alpha value is -0.490. The highest BCUT2D eigenvalue weighted by molar-refractivity contribution is 8.13. The molecule has 1 aromatic carbocycles. The second kappa shape index (κ2) is 7.18. The number of hydrogen-bond acceptors (Lipinski definition) is 3. The summed E-state index contributed by atoms with van der Waals surface area (Å²) in [4.78, 5) is 11.8. The highest BCUT2D eigenvalue weighted by Crippen LogP contribution is 2.31. The number of amides is 1. The van der Waals surface area contributed by atoms with Crippen molar-refractivity contribution < 1.29 is 13.2 Å². The Morgan fingerprint density at radius 3 is 2.29 bits per heavy atom. The van der Waals surface area contributed by atoms with Crippen LogP contribution in [-0.4, -0.2) is 20.9 Å². The summed E-state index contributed by atoms with van der Waals surface area (Å²) >= 11 is 11.8. The molecular formula is C13H16Cl3NO3S. The first-order valence-electron chi connectivity index (χ1n) is 6.26. The van der Waals surface area contributed by atoms with Gasteiger partial charge in [0, 0.05) is 22.2 Å². The smallest absolute Gasteiger partial charge is 0.262 e. The predicted molar refractivity (Wildman–Crippen MR) is 85.8 cm³/mol. The van der Waals surface area contributed by atoms with Crippen molar-refractivity contribution in [1.82, 2.24) is 5.32 Å². The topological polar surface area (TPSA) is 63.2 Å². The maximum atomic E-state index is 12.1. The maximum absolute atomic E-state index is 12.1. The summed E-state index contributed by atoms with van der Waals surface area (Å²) in [5.74, 6) is 0.179. The highest BCUT2D eigenvalue weighted by atomic mass is 35.7. The zero-order valence-electron chi connectivity index (χ0n) is 11.8. The number of carbonyl (C=O) groups excluding carboxylic acids is 1. The van der Waals surface area contributed by atoms with E-state index in [1.54, 1.807) is 0 Å². The van der Waals surface area contributed by atoms with Crippen LogP contribution in [0.1, 0.15) is 31.1 Å². The van der Waals surface area contributed by atoms with Crippen molar-refractivity contribution in [3.05, 3.63) is 27.7 Å². The van der Waals surface area contributed by atoms with Crippen molar-refractivity contribution in [2.24, 2.45) is 11.8 Å². The lowest BCUT2D eigenvalue weighted by molar-refractivity contribution is 0.0945. The number of hydrogen-bond donors (Lipinski definition) is 1. The minimum atomic E-state index is -4.08. The van der Waals surface area contributed by atoms with Gasteiger partial charge in [-0.15, -0.1) is 0 Å². The standard InChI is InChI=1S/C13H16Cl3NO3S/c1-7(2)8(3)6-17-13(18)10-4-9(14)5-11(12(10)15)21(16,19)20/h4-5,7-8H,6H2,1-3H3,(H,17,18). The van der Waals surface area contributed by atoms with Gasteiger partial charge in [0.25, 0.3) is 15.0 Å². The molecule has 0 heterocycles. The van der Waals surface area contributed by atoms with Crippen LogP contribution in [0.5, 0.6) is 0 Å². The van der Waals surface area contributed by atoms with E-state index in [2.05, 4.69) is 5.32 Å². The Kier molecular flexibility index (Phi) is 6.35. The number of rotatable bonds is 5. The lowest BCUT2D eigenvalue weighted by Crippen LogP contribution is -2.30. The Bertz CT molecular complexity index is 644. The van der Waals surface area contributed by atoms with Gasteiger partial charge in [-0.3, -0.25) is 4.79 Å². The van der Waals surface area contributed by atoms with Crippen molar-refractivity contribution in [3.8, 4) is 0 Å². The Labute approximate surface area is 139 Å². The van der Waals surface area contributed by atoms with E-state index in [9.17, 15) is 13.2 Å². The fraction of sp³-hybridized carbons (Fsp3) is 0.462. The van der Waals surface area contributed by atoms with Gasteiger partial charge >= 0.3 is 0 Å². The van der Waals surface area contributed by atoms with Crippen molar-refractivity contribution in [1.29, 1.82) is 0 Å². The first-order valence-corrected chi connectivity index (χ1v) is 9.32. The van der Waals surface area contributed by atoms with Crippen LogP contribution in [0.2, 0.25) is 10.0 Å². The molecule has 21 heavy (non-hydrogen) atoms. The zero-order chi connectivity index (χ0) is 16.4. The lowest BCUT2D eigenvalue weighted by atomic mass is 9.98. The van der Waals surface area contributed by atoms with Crippen molar-refractivity contribution in [2.75, 3.05) is 6.54 Å². The molecule has 0 spiro atoms. The quantitative estimate of drug-likeness (QED) is 0.796. The van der Waals surface area contributed by atoms with Crippen LogP contribution in [0.3, 0.4) is 0 Å². The maximum Gasteiger partial charge on any atom is 0.262 e. The summed E-state index contributed by atoms with van der Waals surface area (Å²) in [7, 11) is 1.20. The third-order valence-electron chi connectivity index (χ3n) is 3.23. The molecule has 0 bridgehead atoms. The summed E-state index contributed by atoms with van der Waals surface area (Å²) in [6.45, 7) is 6.53. The third-order valence-corrected chi connectivity index (χ3v) is 5.32. The molecule has 0 aliphatic carbocycles. The Balaban J connectivity index is 3.08. The molecule has 0 saturated heterocycles. The van der Waals surface area contributed by atoms with Crippen molar-refractivity contribution in [2.45, 2.75) is 25.7 Å². The third kappa shape index (κ3) is 5.02. The van der Waals surface area contributed by atoms with E-state index in [-0.39, 0.29) is 26.4 Å². The molecular weight excluding hydrogens is 357 g/mol. The zero-order valence-corrected chi connectivity index (χ0v) is 14.9. The van der Waals surface area contributed by atoms with E-state index >= 15 is 0 Å². The van der Waals surface area contributed by atoms with Crippen LogP contribution < -0.4 is 5.32 Å². The second-order valence-corrected chi connectivity index (χ2v) is 8.48. The van der Waals surface area contributed by atoms with E-state index in [1.807, 2.05) is 20.8 Å². The minimum Gasteiger partial charge on any atom is -0.352 e. The van der Waals surface area contributed by atoms with E-state index in [0.29, 0.717) is 12.5 Å². The fourth-order valence-corrected chi connectivity index (χ4v) is 3.35. The van der Waals surface area contributed by atoms with Crippen LogP contribution in [0.25, 0.3) is 0 Å². The van der Waals surface area contributed by atoms with E-state index in [4.69, 9.17) is 33.9 Å². The summed E-state index contributed by atoms with van der Waals surface area (Å²) in [5, 5.41) is 2.54. The Morgan fingerprint density at radius 1 is 1.24 bits per heavy atom. The molecule has 8 heteroatoms. The summed E-state index contributed by atoms with van der Waals surface area (Å²) in [6.07, 6.45) is 0. The molecule has 0 fully saturated rings. The molecule has 1 atom stereocenters. The van der Waals surface area contributed by atoms with Gasteiger partial charge in [0.1, 0.15) is 4.90 Å². The molecule has 1 rings (SSSR count). The van der Waals surface area contributed by atoms with Crippen LogP contribution in [0, 0.1) is 11.8 Å². The SMILES string of the molecule is CC(C)C(C)CNC(=O)c1cc(Cl)cc(S(=O)(=O)Cl)c1Cl. The molecule has 118 valence electrons. The van der Waals surface area contributed by atoms with E-state index in [1.165, 1.54) is 6.07 Å². The largest absolute Gasteiger partial charge is 0.352 e. The van der Waals surface area contributed by atoms with Gasteiger partial charge in [0.05, 0.1) is 10.6 Å². The number of nitrogens with one attached hydrogen (secondary N) is 1. The van der Waals surface area contributed by atoms with E-state index < -0.39 is 15.0 Å². The molecule has 4 nitrogen and oxygen atoms in total. The van der Waals surface area contributed by atoms with Crippen LogP contribution in [0.4, 0.5) is 0 Å². The molecule has 1 aromatic rings. The minimum absolute atomic E-state index is 0.0145. The average Bonchev–Trinajstić information content (AvgIpc) is 2.36. The fourth-order valence-electron chi connectivity index (χ4n) is 1.49. The molecule has 0 aliphatic heterocycles. The first-order chi connectivity index (χ1) is 9.54. The normalized spacial score (nSPS) is 13.3. The molecule has 1 unspecified atom stereocenters. The van der Waals surface area contributed by atoms with Crippen LogP contribution in [0.15, 0.2) is 17.0 Å². The van der Waals surface area contributed by atoms with Crippen molar-refractivity contribution in [3.63, 3.8) is 0 Å². The van der Waals surface area contributed by atoms with Gasteiger partial charge < -0.3 is 5.32 Å². The molecule has 0 radical (unpaired) electrons. The van der Waals surface area contributed by atoms with Gasteiger partial charge in [-0.25, -0.2) is 8.42 Å². The van der Waals surface area contributed by atoms with Crippen LogP contribution >= 0.6 is 33.9 Å².